The monoisotopic (exact) mass is 296 g/mol. The van der Waals surface area contributed by atoms with Gasteiger partial charge in [-0.25, -0.2) is 4.98 Å². The Hall–Kier alpha value is -1.59. The van der Waals surface area contributed by atoms with Crippen molar-refractivity contribution in [2.45, 2.75) is 39.5 Å². The van der Waals surface area contributed by atoms with E-state index in [0.29, 0.717) is 21.6 Å². The number of aromatic nitrogens is 2. The number of aliphatic hydroxyl groups is 1. The van der Waals surface area contributed by atoms with Gasteiger partial charge in [-0.05, 0) is 26.8 Å². The molecule has 0 unspecified atom stereocenters. The number of hydrogen-bond acceptors (Lipinski definition) is 4. The Bertz CT molecular complexity index is 644. The molecule has 6 heteroatoms. The standard InChI is InChI=1S/C14H17ClN2O3/c1-14(2,3)20-11(19)7-17-5-4-10-12(15)9(8-18)6-16-13(10)17/h4-6,18H,7-8H2,1-3H3. The predicted octanol–water partition coefficient (Wildman–Crippen LogP) is 2.52. The lowest BCUT2D eigenvalue weighted by atomic mass is 10.2. The second-order valence-corrected chi connectivity index (χ2v) is 5.90. The maximum Gasteiger partial charge on any atom is 0.326 e. The lowest BCUT2D eigenvalue weighted by Crippen LogP contribution is -2.26. The minimum atomic E-state index is -0.519. The summed E-state index contributed by atoms with van der Waals surface area (Å²) in [6, 6.07) is 1.77. The van der Waals surface area contributed by atoms with Crippen LogP contribution in [0.5, 0.6) is 0 Å². The number of pyridine rings is 1. The fraction of sp³-hybridized carbons (Fsp3) is 0.429. The van der Waals surface area contributed by atoms with E-state index in [-0.39, 0.29) is 19.1 Å². The minimum absolute atomic E-state index is 0.0720. The summed E-state index contributed by atoms with van der Waals surface area (Å²) in [5, 5.41) is 10.3. The third-order valence-electron chi connectivity index (χ3n) is 2.68. The number of fused-ring (bicyclic) bond motifs is 1. The average molecular weight is 297 g/mol. The number of nitrogens with zero attached hydrogens (tertiary/aromatic N) is 2. The Balaban J connectivity index is 2.28. The van der Waals surface area contributed by atoms with Gasteiger partial charge in [-0.1, -0.05) is 11.6 Å². The summed E-state index contributed by atoms with van der Waals surface area (Å²) < 4.78 is 6.95. The molecule has 108 valence electrons. The number of halogens is 1. The van der Waals surface area contributed by atoms with E-state index in [1.165, 1.54) is 6.20 Å². The molecule has 2 aromatic rings. The quantitative estimate of drug-likeness (QED) is 0.884. The number of aliphatic hydroxyl groups excluding tert-OH is 1. The zero-order chi connectivity index (χ0) is 14.9. The normalized spacial score (nSPS) is 11.8. The van der Waals surface area contributed by atoms with Gasteiger partial charge < -0.3 is 14.4 Å². The number of hydrogen-bond donors (Lipinski definition) is 1. The third-order valence-corrected chi connectivity index (χ3v) is 3.13. The van der Waals surface area contributed by atoms with Crippen LogP contribution in [0.25, 0.3) is 11.0 Å². The average Bonchev–Trinajstić information content (AvgIpc) is 2.71. The molecular weight excluding hydrogens is 280 g/mol. The van der Waals surface area contributed by atoms with E-state index in [4.69, 9.17) is 21.4 Å². The highest BCUT2D eigenvalue weighted by Crippen LogP contribution is 2.26. The Kier molecular flexibility index (Phi) is 4.01. The second-order valence-electron chi connectivity index (χ2n) is 5.52. The molecule has 2 rings (SSSR count). The number of carbonyl (C=O) groups is 1. The molecule has 1 N–H and O–H groups in total. The van der Waals surface area contributed by atoms with Crippen LogP contribution >= 0.6 is 11.6 Å². The zero-order valence-electron chi connectivity index (χ0n) is 11.7. The molecule has 5 nitrogen and oxygen atoms in total. The van der Waals surface area contributed by atoms with Crippen LogP contribution in [0.1, 0.15) is 26.3 Å². The van der Waals surface area contributed by atoms with Gasteiger partial charge in [-0.15, -0.1) is 0 Å². The van der Waals surface area contributed by atoms with Crippen LogP contribution in [0.15, 0.2) is 18.5 Å². The lowest BCUT2D eigenvalue weighted by molar-refractivity contribution is -0.155. The van der Waals surface area contributed by atoms with Gasteiger partial charge in [0.25, 0.3) is 0 Å². The van der Waals surface area contributed by atoms with E-state index in [9.17, 15) is 4.79 Å². The molecule has 20 heavy (non-hydrogen) atoms. The fourth-order valence-electron chi connectivity index (χ4n) is 1.90. The molecule has 0 spiro atoms. The molecule has 2 heterocycles. The van der Waals surface area contributed by atoms with Crippen molar-refractivity contribution in [2.24, 2.45) is 0 Å². The molecule has 0 aliphatic carbocycles. The summed E-state index contributed by atoms with van der Waals surface area (Å²) in [7, 11) is 0. The minimum Gasteiger partial charge on any atom is -0.459 e. The molecule has 2 aromatic heterocycles. The largest absolute Gasteiger partial charge is 0.459 e. The van der Waals surface area contributed by atoms with Gasteiger partial charge in [0, 0.05) is 23.3 Å². The smallest absolute Gasteiger partial charge is 0.326 e. The van der Waals surface area contributed by atoms with Gasteiger partial charge in [0.1, 0.15) is 17.8 Å². The van der Waals surface area contributed by atoms with E-state index in [1.807, 2.05) is 20.8 Å². The number of esters is 1. The summed E-state index contributed by atoms with van der Waals surface area (Å²) in [5.41, 5.74) is 0.641. The maximum atomic E-state index is 11.8. The van der Waals surface area contributed by atoms with Crippen LogP contribution < -0.4 is 0 Å². The van der Waals surface area contributed by atoms with Crippen molar-refractivity contribution in [1.82, 2.24) is 9.55 Å². The first-order valence-electron chi connectivity index (χ1n) is 6.27. The third kappa shape index (κ3) is 3.11. The van der Waals surface area contributed by atoms with Gasteiger partial charge in [0.2, 0.25) is 0 Å². The van der Waals surface area contributed by atoms with Crippen LogP contribution in [0.2, 0.25) is 5.02 Å². The summed E-state index contributed by atoms with van der Waals surface area (Å²) >= 11 is 6.17. The van der Waals surface area contributed by atoms with E-state index >= 15 is 0 Å². The van der Waals surface area contributed by atoms with Gasteiger partial charge >= 0.3 is 5.97 Å². The molecule has 0 aliphatic rings. The number of carbonyl (C=O) groups excluding carboxylic acids is 1. The highest BCUT2D eigenvalue weighted by atomic mass is 35.5. The van der Waals surface area contributed by atoms with Crippen molar-refractivity contribution in [3.63, 3.8) is 0 Å². The molecule has 0 bridgehead atoms. The topological polar surface area (TPSA) is 64.3 Å². The molecule has 0 atom stereocenters. The van der Waals surface area contributed by atoms with Gasteiger partial charge in [0.05, 0.1) is 11.6 Å². The molecule has 0 aliphatic heterocycles. The van der Waals surface area contributed by atoms with Crippen molar-refractivity contribution in [3.8, 4) is 0 Å². The van der Waals surface area contributed by atoms with E-state index < -0.39 is 5.60 Å². The Morgan fingerprint density at radius 1 is 1.50 bits per heavy atom. The Morgan fingerprint density at radius 2 is 2.20 bits per heavy atom. The Morgan fingerprint density at radius 3 is 2.80 bits per heavy atom. The second kappa shape index (κ2) is 5.42. The van der Waals surface area contributed by atoms with Crippen molar-refractivity contribution < 1.29 is 14.6 Å². The molecule has 0 radical (unpaired) electrons. The number of ether oxygens (including phenoxy) is 1. The van der Waals surface area contributed by atoms with Gasteiger partial charge in [-0.2, -0.15) is 0 Å². The SMILES string of the molecule is CC(C)(C)OC(=O)Cn1ccc2c(Cl)c(CO)cnc21. The number of rotatable bonds is 3. The first-order valence-corrected chi connectivity index (χ1v) is 6.64. The first-order chi connectivity index (χ1) is 9.31. The van der Waals surface area contributed by atoms with Crippen LogP contribution in [-0.2, 0) is 22.7 Å². The summed E-state index contributed by atoms with van der Waals surface area (Å²) in [5.74, 6) is -0.334. The van der Waals surface area contributed by atoms with Crippen LogP contribution in [0, 0.1) is 0 Å². The molecule has 0 amide bonds. The van der Waals surface area contributed by atoms with Crippen molar-refractivity contribution in [1.29, 1.82) is 0 Å². The van der Waals surface area contributed by atoms with Gasteiger partial charge in [0.15, 0.2) is 0 Å². The van der Waals surface area contributed by atoms with Crippen molar-refractivity contribution >= 4 is 28.6 Å². The van der Waals surface area contributed by atoms with Gasteiger partial charge in [-0.3, -0.25) is 4.79 Å². The molecule has 0 aromatic carbocycles. The first kappa shape index (κ1) is 14.8. The van der Waals surface area contributed by atoms with Crippen LogP contribution in [0.4, 0.5) is 0 Å². The Labute approximate surface area is 122 Å². The summed E-state index contributed by atoms with van der Waals surface area (Å²) in [4.78, 5) is 16.1. The zero-order valence-corrected chi connectivity index (χ0v) is 12.4. The lowest BCUT2D eigenvalue weighted by Gasteiger charge is -2.19. The van der Waals surface area contributed by atoms with E-state index in [1.54, 1.807) is 16.8 Å². The van der Waals surface area contributed by atoms with Crippen LogP contribution in [-0.4, -0.2) is 26.2 Å². The molecule has 0 saturated carbocycles. The highest BCUT2D eigenvalue weighted by Gasteiger charge is 2.18. The highest BCUT2D eigenvalue weighted by molar-refractivity contribution is 6.36. The van der Waals surface area contributed by atoms with Crippen LogP contribution in [0.3, 0.4) is 0 Å². The fourth-order valence-corrected chi connectivity index (χ4v) is 2.15. The van der Waals surface area contributed by atoms with Crippen molar-refractivity contribution in [2.75, 3.05) is 0 Å². The maximum absolute atomic E-state index is 11.8. The molecule has 0 fully saturated rings. The summed E-state index contributed by atoms with van der Waals surface area (Å²) in [6.45, 7) is 5.37. The van der Waals surface area contributed by atoms with E-state index in [0.717, 1.165) is 0 Å². The van der Waals surface area contributed by atoms with E-state index in [2.05, 4.69) is 4.98 Å². The van der Waals surface area contributed by atoms with Crippen molar-refractivity contribution in [3.05, 3.63) is 29.0 Å². The molecular formula is C14H17ClN2O3. The molecule has 0 saturated heterocycles. The predicted molar refractivity (Wildman–Crippen MR) is 76.5 cm³/mol. The summed E-state index contributed by atoms with van der Waals surface area (Å²) in [6.07, 6.45) is 3.24.